The van der Waals surface area contributed by atoms with Crippen molar-refractivity contribution in [2.45, 2.75) is 39.8 Å². The molecule has 0 spiro atoms. The van der Waals surface area contributed by atoms with Crippen LogP contribution in [0.1, 0.15) is 38.2 Å². The normalized spacial score (nSPS) is 11.3. The molecule has 0 bridgehead atoms. The Hall–Kier alpha value is -2.53. The first-order chi connectivity index (χ1) is 12.4. The first-order valence-corrected chi connectivity index (χ1v) is 8.99. The second kappa shape index (κ2) is 7.38. The molecule has 26 heavy (non-hydrogen) atoms. The van der Waals surface area contributed by atoms with Gasteiger partial charge < -0.3 is 9.32 Å². The molecule has 3 aromatic rings. The molecule has 0 aliphatic heterocycles. The SMILES string of the molecule is CC(C)N(C(=O)c1cc(-c2ccco2)n(-c2ccc(Cl)cc2)n1)C(C)C. The zero-order chi connectivity index (χ0) is 18.8. The number of halogens is 1. The summed E-state index contributed by atoms with van der Waals surface area (Å²) in [5.74, 6) is 0.544. The van der Waals surface area contributed by atoms with Crippen molar-refractivity contribution in [3.05, 3.63) is 59.4 Å². The average molecular weight is 372 g/mol. The first-order valence-electron chi connectivity index (χ1n) is 8.61. The van der Waals surface area contributed by atoms with Gasteiger partial charge in [-0.2, -0.15) is 5.10 Å². The summed E-state index contributed by atoms with van der Waals surface area (Å²) in [5.41, 5.74) is 1.90. The number of nitrogens with zero attached hydrogens (tertiary/aromatic N) is 3. The van der Waals surface area contributed by atoms with Crippen molar-refractivity contribution in [2.24, 2.45) is 0 Å². The summed E-state index contributed by atoms with van der Waals surface area (Å²) >= 11 is 6.00. The lowest BCUT2D eigenvalue weighted by atomic mass is 10.2. The Labute approximate surface area is 158 Å². The van der Waals surface area contributed by atoms with Crippen molar-refractivity contribution in [2.75, 3.05) is 0 Å². The van der Waals surface area contributed by atoms with Crippen molar-refractivity contribution in [1.82, 2.24) is 14.7 Å². The molecule has 0 saturated heterocycles. The second-order valence-corrected chi connectivity index (χ2v) is 7.12. The van der Waals surface area contributed by atoms with Gasteiger partial charge >= 0.3 is 0 Å². The van der Waals surface area contributed by atoms with Crippen LogP contribution in [0.25, 0.3) is 17.1 Å². The molecular formula is C20H22ClN3O2. The summed E-state index contributed by atoms with van der Waals surface area (Å²) in [6, 6.07) is 12.9. The van der Waals surface area contributed by atoms with Gasteiger partial charge in [-0.15, -0.1) is 0 Å². The van der Waals surface area contributed by atoms with Crippen molar-refractivity contribution in [3.8, 4) is 17.1 Å². The molecule has 0 atom stereocenters. The molecule has 136 valence electrons. The number of carbonyl (C=O) groups excluding carboxylic acids is 1. The predicted molar refractivity (Wildman–Crippen MR) is 103 cm³/mol. The molecule has 6 heteroatoms. The van der Waals surface area contributed by atoms with E-state index in [-0.39, 0.29) is 18.0 Å². The van der Waals surface area contributed by atoms with E-state index in [2.05, 4.69) is 5.10 Å². The highest BCUT2D eigenvalue weighted by atomic mass is 35.5. The van der Waals surface area contributed by atoms with Gasteiger partial charge in [-0.05, 0) is 64.1 Å². The fraction of sp³-hybridized carbons (Fsp3) is 0.300. The lowest BCUT2D eigenvalue weighted by molar-refractivity contribution is 0.0637. The molecule has 0 N–H and O–H groups in total. The van der Waals surface area contributed by atoms with Crippen LogP contribution in [-0.4, -0.2) is 32.7 Å². The van der Waals surface area contributed by atoms with E-state index < -0.39 is 0 Å². The molecule has 1 amide bonds. The van der Waals surface area contributed by atoms with Crippen LogP contribution in [0.15, 0.2) is 53.1 Å². The molecule has 1 aromatic carbocycles. The van der Waals surface area contributed by atoms with Crippen LogP contribution in [0.2, 0.25) is 5.02 Å². The first kappa shape index (κ1) is 18.3. The zero-order valence-electron chi connectivity index (χ0n) is 15.3. The van der Waals surface area contributed by atoms with Crippen molar-refractivity contribution in [3.63, 3.8) is 0 Å². The standard InChI is InChI=1S/C20H22ClN3O2/c1-13(2)23(14(3)4)20(25)17-12-18(19-6-5-11-26-19)24(22-17)16-9-7-15(21)8-10-16/h5-14H,1-4H3. The van der Waals surface area contributed by atoms with E-state index in [1.807, 2.05) is 56.9 Å². The summed E-state index contributed by atoms with van der Waals surface area (Å²) in [6.07, 6.45) is 1.60. The van der Waals surface area contributed by atoms with Crippen LogP contribution in [-0.2, 0) is 0 Å². The van der Waals surface area contributed by atoms with Gasteiger partial charge in [0.2, 0.25) is 0 Å². The summed E-state index contributed by atoms with van der Waals surface area (Å²) in [4.78, 5) is 14.9. The lowest BCUT2D eigenvalue weighted by Gasteiger charge is -2.29. The predicted octanol–water partition coefficient (Wildman–Crippen LogP) is 5.04. The molecule has 0 saturated carbocycles. The maximum atomic E-state index is 13.0. The number of rotatable bonds is 5. The van der Waals surface area contributed by atoms with Crippen LogP contribution in [0.5, 0.6) is 0 Å². The largest absolute Gasteiger partial charge is 0.463 e. The Kier molecular flexibility index (Phi) is 5.18. The third-order valence-corrected chi connectivity index (χ3v) is 4.37. The van der Waals surface area contributed by atoms with E-state index in [9.17, 15) is 4.79 Å². The number of hydrogen-bond donors (Lipinski definition) is 0. The van der Waals surface area contributed by atoms with Gasteiger partial charge in [0, 0.05) is 23.2 Å². The van der Waals surface area contributed by atoms with Gasteiger partial charge in [0.05, 0.1) is 12.0 Å². The quantitative estimate of drug-likeness (QED) is 0.631. The highest BCUT2D eigenvalue weighted by Gasteiger charge is 2.26. The van der Waals surface area contributed by atoms with Crippen LogP contribution < -0.4 is 0 Å². The zero-order valence-corrected chi connectivity index (χ0v) is 16.1. The van der Waals surface area contributed by atoms with Gasteiger partial charge in [0.15, 0.2) is 11.5 Å². The molecule has 0 aliphatic rings. The Morgan fingerprint density at radius 1 is 1.12 bits per heavy atom. The van der Waals surface area contributed by atoms with E-state index in [0.29, 0.717) is 22.2 Å². The van der Waals surface area contributed by atoms with E-state index in [1.165, 1.54) is 0 Å². The van der Waals surface area contributed by atoms with E-state index in [4.69, 9.17) is 16.0 Å². The fourth-order valence-electron chi connectivity index (χ4n) is 3.06. The van der Waals surface area contributed by atoms with E-state index in [0.717, 1.165) is 5.69 Å². The molecule has 0 fully saturated rings. The number of furan rings is 1. The minimum atomic E-state index is -0.101. The third-order valence-electron chi connectivity index (χ3n) is 4.12. The monoisotopic (exact) mass is 371 g/mol. The molecular weight excluding hydrogens is 350 g/mol. The molecule has 3 rings (SSSR count). The Morgan fingerprint density at radius 3 is 2.31 bits per heavy atom. The lowest BCUT2D eigenvalue weighted by Crippen LogP contribution is -2.42. The minimum Gasteiger partial charge on any atom is -0.463 e. The van der Waals surface area contributed by atoms with Crippen molar-refractivity contribution >= 4 is 17.5 Å². The van der Waals surface area contributed by atoms with Crippen LogP contribution in [0.4, 0.5) is 0 Å². The molecule has 0 radical (unpaired) electrons. The van der Waals surface area contributed by atoms with E-state index in [1.54, 1.807) is 29.1 Å². The summed E-state index contributed by atoms with van der Waals surface area (Å²) in [7, 11) is 0. The highest BCUT2D eigenvalue weighted by Crippen LogP contribution is 2.26. The van der Waals surface area contributed by atoms with Gasteiger partial charge in [-0.3, -0.25) is 4.79 Å². The average Bonchev–Trinajstić information content (AvgIpc) is 3.24. The number of benzene rings is 1. The highest BCUT2D eigenvalue weighted by molar-refractivity contribution is 6.30. The van der Waals surface area contributed by atoms with Gasteiger partial charge in [0.1, 0.15) is 5.69 Å². The molecule has 2 aromatic heterocycles. The fourth-order valence-corrected chi connectivity index (χ4v) is 3.19. The van der Waals surface area contributed by atoms with Crippen LogP contribution in [0, 0.1) is 0 Å². The Balaban J connectivity index is 2.10. The van der Waals surface area contributed by atoms with Gasteiger partial charge in [0.25, 0.3) is 5.91 Å². The smallest absolute Gasteiger partial charge is 0.274 e. The minimum absolute atomic E-state index is 0.0789. The molecule has 0 aliphatic carbocycles. The summed E-state index contributed by atoms with van der Waals surface area (Å²) in [6.45, 7) is 8.01. The molecule has 5 nitrogen and oxygen atoms in total. The maximum Gasteiger partial charge on any atom is 0.274 e. The second-order valence-electron chi connectivity index (χ2n) is 6.68. The van der Waals surface area contributed by atoms with Gasteiger partial charge in [-0.25, -0.2) is 4.68 Å². The summed E-state index contributed by atoms with van der Waals surface area (Å²) < 4.78 is 7.25. The number of amides is 1. The summed E-state index contributed by atoms with van der Waals surface area (Å²) in [5, 5.41) is 5.22. The topological polar surface area (TPSA) is 51.3 Å². The molecule has 0 unspecified atom stereocenters. The van der Waals surface area contributed by atoms with Crippen LogP contribution >= 0.6 is 11.6 Å². The van der Waals surface area contributed by atoms with Crippen molar-refractivity contribution < 1.29 is 9.21 Å². The van der Waals surface area contributed by atoms with Crippen molar-refractivity contribution in [1.29, 1.82) is 0 Å². The maximum absolute atomic E-state index is 13.0. The van der Waals surface area contributed by atoms with Crippen LogP contribution in [0.3, 0.4) is 0 Å². The number of carbonyl (C=O) groups is 1. The third kappa shape index (κ3) is 3.53. The molecule has 2 heterocycles. The van der Waals surface area contributed by atoms with Gasteiger partial charge in [-0.1, -0.05) is 11.6 Å². The Bertz CT molecular complexity index is 872. The number of aromatic nitrogens is 2. The number of hydrogen-bond acceptors (Lipinski definition) is 3. The van der Waals surface area contributed by atoms with E-state index >= 15 is 0 Å². The Morgan fingerprint density at radius 2 is 1.77 bits per heavy atom.